The van der Waals surface area contributed by atoms with Gasteiger partial charge in [0.05, 0.1) is 0 Å². The highest BCUT2D eigenvalue weighted by Gasteiger charge is 2.06. The molecule has 0 aliphatic heterocycles. The number of carbonyl (C=O) groups is 2. The van der Waals surface area contributed by atoms with Crippen LogP contribution in [-0.4, -0.2) is 21.9 Å². The van der Waals surface area contributed by atoms with Gasteiger partial charge in [-0.25, -0.2) is 0 Å². The molecule has 152 valence electrons. The normalized spacial score (nSPS) is 10.8. The van der Waals surface area contributed by atoms with E-state index in [2.05, 4.69) is 5.32 Å². The monoisotopic (exact) mass is 401 g/mol. The third-order valence-electron chi connectivity index (χ3n) is 4.65. The molecule has 3 N–H and O–H groups in total. The maximum Gasteiger partial charge on any atom is 0.255 e. The minimum atomic E-state index is -0.223. The van der Waals surface area contributed by atoms with Crippen molar-refractivity contribution in [2.45, 2.75) is 19.8 Å². The zero-order chi connectivity index (χ0) is 21.5. The lowest BCUT2D eigenvalue weighted by molar-refractivity contribution is -0.114. The first-order valence-electron chi connectivity index (χ1n) is 9.60. The zero-order valence-corrected chi connectivity index (χ0v) is 16.6. The van der Waals surface area contributed by atoms with Gasteiger partial charge in [-0.15, -0.1) is 0 Å². The molecule has 5 nitrogen and oxygen atoms in total. The van der Waals surface area contributed by atoms with Crippen LogP contribution in [0.2, 0.25) is 0 Å². The molecule has 0 aromatic heterocycles. The number of amides is 1. The van der Waals surface area contributed by atoms with E-state index in [1.807, 2.05) is 43.3 Å². The van der Waals surface area contributed by atoms with Gasteiger partial charge in [0, 0.05) is 17.7 Å². The molecule has 0 atom stereocenters. The predicted molar refractivity (Wildman–Crippen MR) is 118 cm³/mol. The van der Waals surface area contributed by atoms with E-state index < -0.39 is 0 Å². The highest BCUT2D eigenvalue weighted by atomic mass is 16.3. The number of aryl methyl sites for hydroxylation is 2. The lowest BCUT2D eigenvalue weighted by Gasteiger charge is -2.07. The number of phenols is 2. The fraction of sp³-hybridized carbons (Fsp3) is 0.120. The predicted octanol–water partition coefficient (Wildman–Crippen LogP) is 4.87. The van der Waals surface area contributed by atoms with Gasteiger partial charge in [0.15, 0.2) is 17.3 Å². The first kappa shape index (κ1) is 20.9. The quantitative estimate of drug-likeness (QED) is 0.389. The minimum Gasteiger partial charge on any atom is -0.504 e. The Morgan fingerprint density at radius 3 is 2.27 bits per heavy atom. The summed E-state index contributed by atoms with van der Waals surface area (Å²) in [4.78, 5) is 24.3. The van der Waals surface area contributed by atoms with Crippen molar-refractivity contribution < 1.29 is 19.8 Å². The Bertz CT molecular complexity index is 1070. The number of rotatable bonds is 7. The van der Waals surface area contributed by atoms with Crippen LogP contribution in [0.15, 0.2) is 72.8 Å². The van der Waals surface area contributed by atoms with Gasteiger partial charge in [0.25, 0.3) is 5.91 Å². The van der Waals surface area contributed by atoms with Gasteiger partial charge in [-0.3, -0.25) is 9.59 Å². The molecule has 3 aromatic rings. The number of benzene rings is 3. The first-order valence-corrected chi connectivity index (χ1v) is 9.60. The largest absolute Gasteiger partial charge is 0.504 e. The van der Waals surface area contributed by atoms with Gasteiger partial charge in [0.2, 0.25) is 0 Å². The number of carbonyl (C=O) groups excluding carboxylic acids is 2. The summed E-state index contributed by atoms with van der Waals surface area (Å²) in [6.45, 7) is 1.97. The molecular weight excluding hydrogens is 378 g/mol. The van der Waals surface area contributed by atoms with Crippen LogP contribution in [-0.2, 0) is 11.2 Å². The summed E-state index contributed by atoms with van der Waals surface area (Å²) in [7, 11) is 0. The van der Waals surface area contributed by atoms with Crippen LogP contribution in [0.3, 0.4) is 0 Å². The maximum absolute atomic E-state index is 12.3. The van der Waals surface area contributed by atoms with Crippen LogP contribution in [0.1, 0.15) is 33.5 Å². The molecule has 0 aliphatic rings. The Labute approximate surface area is 175 Å². The van der Waals surface area contributed by atoms with E-state index >= 15 is 0 Å². The summed E-state index contributed by atoms with van der Waals surface area (Å²) in [6, 6.07) is 19.2. The number of ketones is 1. The second-order valence-corrected chi connectivity index (χ2v) is 7.06. The third-order valence-corrected chi connectivity index (χ3v) is 4.65. The van der Waals surface area contributed by atoms with E-state index in [4.69, 9.17) is 0 Å². The number of allylic oxidation sites excluding steroid dienone is 1. The molecule has 0 aliphatic carbocycles. The highest BCUT2D eigenvalue weighted by molar-refractivity contribution is 6.04. The van der Waals surface area contributed by atoms with Crippen molar-refractivity contribution in [1.29, 1.82) is 0 Å². The Kier molecular flexibility index (Phi) is 6.65. The van der Waals surface area contributed by atoms with Gasteiger partial charge in [0.1, 0.15) is 0 Å². The molecule has 0 saturated carbocycles. The molecule has 3 aromatic carbocycles. The van der Waals surface area contributed by atoms with Crippen molar-refractivity contribution in [3.63, 3.8) is 0 Å². The maximum atomic E-state index is 12.3. The molecule has 0 saturated heterocycles. The van der Waals surface area contributed by atoms with Crippen molar-refractivity contribution in [1.82, 2.24) is 0 Å². The SMILES string of the molecule is Cc1ccc(C(=O)Nc2ccc(CCC(=O)/C=C/c3ccc(O)c(O)c3)cc2)cc1. The van der Waals surface area contributed by atoms with Crippen LogP contribution >= 0.6 is 0 Å². The fourth-order valence-electron chi connectivity index (χ4n) is 2.85. The number of anilines is 1. The summed E-state index contributed by atoms with van der Waals surface area (Å²) in [5.41, 5.74) is 4.02. The molecular formula is C25H23NO4. The van der Waals surface area contributed by atoms with Crippen LogP contribution < -0.4 is 5.32 Å². The summed E-state index contributed by atoms with van der Waals surface area (Å²) in [5, 5.41) is 21.6. The van der Waals surface area contributed by atoms with E-state index in [1.54, 1.807) is 24.3 Å². The van der Waals surface area contributed by atoms with Crippen LogP contribution in [0.4, 0.5) is 5.69 Å². The summed E-state index contributed by atoms with van der Waals surface area (Å²) < 4.78 is 0. The van der Waals surface area contributed by atoms with E-state index in [-0.39, 0.29) is 23.2 Å². The van der Waals surface area contributed by atoms with Gasteiger partial charge < -0.3 is 15.5 Å². The Hall–Kier alpha value is -3.86. The second-order valence-electron chi connectivity index (χ2n) is 7.06. The molecule has 0 radical (unpaired) electrons. The molecule has 3 rings (SSSR count). The van der Waals surface area contributed by atoms with E-state index in [0.29, 0.717) is 29.7 Å². The number of hydrogen-bond donors (Lipinski definition) is 3. The van der Waals surface area contributed by atoms with E-state index in [0.717, 1.165) is 11.1 Å². The van der Waals surface area contributed by atoms with Gasteiger partial charge >= 0.3 is 0 Å². The van der Waals surface area contributed by atoms with Crippen LogP contribution in [0.5, 0.6) is 11.5 Å². The Morgan fingerprint density at radius 1 is 0.900 bits per heavy atom. The number of nitrogens with one attached hydrogen (secondary N) is 1. The van der Waals surface area contributed by atoms with Crippen molar-refractivity contribution in [3.8, 4) is 11.5 Å². The Balaban J connectivity index is 1.50. The average molecular weight is 401 g/mol. The molecule has 0 fully saturated rings. The van der Waals surface area contributed by atoms with Gasteiger partial charge in [-0.05, 0) is 66.9 Å². The number of aromatic hydroxyl groups is 2. The molecule has 5 heteroatoms. The van der Waals surface area contributed by atoms with Crippen molar-refractivity contribution >= 4 is 23.5 Å². The fourth-order valence-corrected chi connectivity index (χ4v) is 2.85. The molecule has 1 amide bonds. The van der Waals surface area contributed by atoms with Crippen LogP contribution in [0, 0.1) is 6.92 Å². The summed E-state index contributed by atoms with van der Waals surface area (Å²) in [6.07, 6.45) is 3.99. The van der Waals surface area contributed by atoms with Crippen LogP contribution in [0.25, 0.3) is 6.08 Å². The molecule has 0 unspecified atom stereocenters. The van der Waals surface area contributed by atoms with Crippen molar-refractivity contribution in [2.75, 3.05) is 5.32 Å². The topological polar surface area (TPSA) is 86.6 Å². The summed E-state index contributed by atoms with van der Waals surface area (Å²) in [5.74, 6) is -0.626. The highest BCUT2D eigenvalue weighted by Crippen LogP contribution is 2.25. The van der Waals surface area contributed by atoms with E-state index in [1.165, 1.54) is 18.2 Å². The van der Waals surface area contributed by atoms with Crippen molar-refractivity contribution in [2.24, 2.45) is 0 Å². The van der Waals surface area contributed by atoms with Gasteiger partial charge in [-0.2, -0.15) is 0 Å². The summed E-state index contributed by atoms with van der Waals surface area (Å²) >= 11 is 0. The van der Waals surface area contributed by atoms with Gasteiger partial charge in [-0.1, -0.05) is 42.0 Å². The minimum absolute atomic E-state index is 0.0423. The molecule has 0 bridgehead atoms. The smallest absolute Gasteiger partial charge is 0.255 e. The molecule has 0 heterocycles. The Morgan fingerprint density at radius 2 is 1.60 bits per heavy atom. The molecule has 30 heavy (non-hydrogen) atoms. The average Bonchev–Trinajstić information content (AvgIpc) is 2.74. The second kappa shape index (κ2) is 9.56. The number of phenolic OH excluding ortho intramolecular Hbond substituents is 2. The standard InChI is InChI=1S/C25H23NO4/c1-17-2-9-20(10-3-17)25(30)26-21-11-4-18(5-12-21)6-13-22(27)14-7-19-8-15-23(28)24(29)16-19/h2-5,7-12,14-16,28-29H,6,13H2,1H3,(H,26,30)/b14-7+. The third kappa shape index (κ3) is 5.82. The lowest BCUT2D eigenvalue weighted by atomic mass is 10.1. The first-order chi connectivity index (χ1) is 14.4. The number of hydrogen-bond acceptors (Lipinski definition) is 4. The van der Waals surface area contributed by atoms with Crippen molar-refractivity contribution in [3.05, 3.63) is 95.1 Å². The lowest BCUT2D eigenvalue weighted by Crippen LogP contribution is -2.11. The molecule has 0 spiro atoms. The zero-order valence-electron chi connectivity index (χ0n) is 16.6. The van der Waals surface area contributed by atoms with E-state index in [9.17, 15) is 19.8 Å².